The van der Waals surface area contributed by atoms with E-state index in [-0.39, 0.29) is 11.8 Å². The Balaban J connectivity index is 2.67. The van der Waals surface area contributed by atoms with Gasteiger partial charge in [0.25, 0.3) is 0 Å². The van der Waals surface area contributed by atoms with Crippen molar-refractivity contribution in [2.45, 2.75) is 26.3 Å². The zero-order valence-electron chi connectivity index (χ0n) is 5.64. The van der Waals surface area contributed by atoms with Gasteiger partial charge in [-0.2, -0.15) is 0 Å². The van der Waals surface area contributed by atoms with Crippen LogP contribution in [0.1, 0.15) is 20.3 Å². The Morgan fingerprint density at radius 3 is 2.67 bits per heavy atom. The van der Waals surface area contributed by atoms with Gasteiger partial charge in [0.2, 0.25) is 0 Å². The van der Waals surface area contributed by atoms with E-state index in [1.807, 2.05) is 6.92 Å². The van der Waals surface area contributed by atoms with E-state index in [1.54, 1.807) is 6.92 Å². The molecule has 1 unspecified atom stereocenters. The van der Waals surface area contributed by atoms with Crippen molar-refractivity contribution in [2.24, 2.45) is 0 Å². The molecule has 1 atom stereocenters. The topological polar surface area (TPSA) is 31.2 Å². The van der Waals surface area contributed by atoms with Crippen LogP contribution >= 0.6 is 0 Å². The number of nitrogens with zero attached hydrogens (tertiary/aromatic N) is 1. The second kappa shape index (κ2) is 2.21. The zero-order chi connectivity index (χ0) is 6.85. The molecule has 0 aliphatic carbocycles. The minimum absolute atomic E-state index is 0.137. The summed E-state index contributed by atoms with van der Waals surface area (Å²) in [4.78, 5) is 10.9. The molecule has 48 valence electrons. The van der Waals surface area contributed by atoms with Crippen LogP contribution in [-0.4, -0.2) is 11.8 Å². The van der Waals surface area contributed by atoms with Gasteiger partial charge >= 0.3 is 0 Å². The smallest absolute Gasteiger partial charge is 0.185 e. The summed E-state index contributed by atoms with van der Waals surface area (Å²) in [6, 6.07) is -0.167. The summed E-state index contributed by atoms with van der Waals surface area (Å²) >= 11 is 0. The number of hydrogen-bond acceptors (Lipinski definition) is 1. The Labute approximate surface area is 54.9 Å². The maximum atomic E-state index is 10.9. The molecule has 1 aliphatic heterocycles. The molecule has 0 aromatic heterocycles. The molecule has 2 nitrogen and oxygen atoms in total. The lowest BCUT2D eigenvalue weighted by atomic mass is 10.1. The van der Waals surface area contributed by atoms with Gasteiger partial charge in [0.05, 0.1) is 6.20 Å². The van der Waals surface area contributed by atoms with Crippen molar-refractivity contribution in [3.05, 3.63) is 11.8 Å². The van der Waals surface area contributed by atoms with Crippen molar-refractivity contribution in [1.82, 2.24) is 5.32 Å². The molecule has 1 rings (SSSR count). The van der Waals surface area contributed by atoms with E-state index < -0.39 is 0 Å². The van der Waals surface area contributed by atoms with Gasteiger partial charge in [-0.05, 0) is 13.3 Å². The SMILES string of the molecule is CCC1=[C][N]C(C)C1=O. The molecule has 0 N–H and O–H groups in total. The molecule has 0 aromatic rings. The van der Waals surface area contributed by atoms with E-state index in [9.17, 15) is 4.79 Å². The quantitative estimate of drug-likeness (QED) is 0.504. The summed E-state index contributed by atoms with van der Waals surface area (Å²) in [7, 11) is 0. The van der Waals surface area contributed by atoms with E-state index in [1.165, 1.54) is 0 Å². The lowest BCUT2D eigenvalue weighted by Gasteiger charge is -1.96. The van der Waals surface area contributed by atoms with Crippen molar-refractivity contribution >= 4 is 5.78 Å². The molecule has 1 aliphatic rings. The van der Waals surface area contributed by atoms with Crippen molar-refractivity contribution in [2.75, 3.05) is 0 Å². The molecule has 2 radical (unpaired) electrons. The molecule has 0 fully saturated rings. The third-order valence-corrected chi connectivity index (χ3v) is 1.42. The standard InChI is InChI=1S/C7H9NO/c1-3-6-4-8-5(2)7(6)9/h5H,3H2,1-2H3. The van der Waals surface area contributed by atoms with Gasteiger partial charge in [0.15, 0.2) is 5.78 Å². The van der Waals surface area contributed by atoms with E-state index in [0.717, 1.165) is 12.0 Å². The minimum atomic E-state index is -0.167. The molecular formula is C7H9NO. The molecule has 0 saturated carbocycles. The average molecular weight is 123 g/mol. The van der Waals surface area contributed by atoms with Gasteiger partial charge < -0.3 is 0 Å². The number of Topliss-reactive ketones (excluding diaryl/α,β-unsaturated/α-hetero) is 1. The largest absolute Gasteiger partial charge is 0.292 e. The van der Waals surface area contributed by atoms with Crippen LogP contribution in [0.5, 0.6) is 0 Å². The Morgan fingerprint density at radius 2 is 2.44 bits per heavy atom. The van der Waals surface area contributed by atoms with Crippen LogP contribution in [0, 0.1) is 6.20 Å². The van der Waals surface area contributed by atoms with Gasteiger partial charge in [-0.15, -0.1) is 0 Å². The van der Waals surface area contributed by atoms with E-state index in [0.29, 0.717) is 0 Å². The van der Waals surface area contributed by atoms with Crippen LogP contribution < -0.4 is 5.32 Å². The van der Waals surface area contributed by atoms with Crippen molar-refractivity contribution in [3.63, 3.8) is 0 Å². The fraction of sp³-hybridized carbons (Fsp3) is 0.571. The summed E-state index contributed by atoms with van der Waals surface area (Å²) in [5, 5.41) is 3.83. The Bertz CT molecular complexity index is 160. The summed E-state index contributed by atoms with van der Waals surface area (Å²) in [6.45, 7) is 3.73. The number of rotatable bonds is 1. The third kappa shape index (κ3) is 0.969. The first-order valence-electron chi connectivity index (χ1n) is 3.11. The first-order chi connectivity index (χ1) is 4.25. The summed E-state index contributed by atoms with van der Waals surface area (Å²) in [6.07, 6.45) is 3.45. The maximum Gasteiger partial charge on any atom is 0.185 e. The van der Waals surface area contributed by atoms with Crippen LogP contribution in [0.25, 0.3) is 0 Å². The lowest BCUT2D eigenvalue weighted by Crippen LogP contribution is -2.18. The van der Waals surface area contributed by atoms with Crippen LogP contribution in [0.2, 0.25) is 0 Å². The number of carbonyl (C=O) groups is 1. The summed E-state index contributed by atoms with van der Waals surface area (Å²) in [5.41, 5.74) is 0.738. The molecule has 2 heteroatoms. The van der Waals surface area contributed by atoms with Gasteiger partial charge in [-0.1, -0.05) is 6.92 Å². The van der Waals surface area contributed by atoms with Gasteiger partial charge in [0.1, 0.15) is 6.04 Å². The lowest BCUT2D eigenvalue weighted by molar-refractivity contribution is -0.116. The molecule has 9 heavy (non-hydrogen) atoms. The highest BCUT2D eigenvalue weighted by atomic mass is 16.1. The van der Waals surface area contributed by atoms with Crippen LogP contribution in [0.4, 0.5) is 0 Å². The maximum absolute atomic E-state index is 10.9. The summed E-state index contributed by atoms with van der Waals surface area (Å²) < 4.78 is 0. The Morgan fingerprint density at radius 1 is 1.78 bits per heavy atom. The fourth-order valence-corrected chi connectivity index (χ4v) is 0.794. The van der Waals surface area contributed by atoms with Gasteiger partial charge in [-0.25, -0.2) is 0 Å². The van der Waals surface area contributed by atoms with E-state index in [4.69, 9.17) is 0 Å². The summed E-state index contributed by atoms with van der Waals surface area (Å²) in [5.74, 6) is 0.137. The predicted molar refractivity (Wildman–Crippen MR) is 33.6 cm³/mol. The second-order valence-electron chi connectivity index (χ2n) is 2.11. The first kappa shape index (κ1) is 6.33. The molecule has 0 aromatic carbocycles. The highest BCUT2D eigenvalue weighted by Crippen LogP contribution is 2.10. The normalized spacial score (nSPS) is 25.8. The highest BCUT2D eigenvalue weighted by Gasteiger charge is 2.22. The highest BCUT2D eigenvalue weighted by molar-refractivity contribution is 6.00. The van der Waals surface area contributed by atoms with Crippen LogP contribution in [0.3, 0.4) is 0 Å². The van der Waals surface area contributed by atoms with Crippen molar-refractivity contribution < 1.29 is 4.79 Å². The molecular weight excluding hydrogens is 114 g/mol. The molecule has 0 spiro atoms. The van der Waals surface area contributed by atoms with Gasteiger partial charge in [-0.3, -0.25) is 10.1 Å². The first-order valence-corrected chi connectivity index (χ1v) is 3.11. The molecule has 0 saturated heterocycles. The second-order valence-corrected chi connectivity index (χ2v) is 2.11. The number of hydrogen-bond donors (Lipinski definition) is 0. The predicted octanol–water partition coefficient (Wildman–Crippen LogP) is 0.659. The Hall–Kier alpha value is -0.790. The molecule has 1 heterocycles. The van der Waals surface area contributed by atoms with Crippen molar-refractivity contribution in [3.8, 4) is 0 Å². The molecule has 0 bridgehead atoms. The minimum Gasteiger partial charge on any atom is -0.292 e. The number of ketones is 1. The third-order valence-electron chi connectivity index (χ3n) is 1.42. The number of carbonyl (C=O) groups excluding carboxylic acids is 1. The molecule has 0 amide bonds. The fourth-order valence-electron chi connectivity index (χ4n) is 0.794. The van der Waals surface area contributed by atoms with E-state index in [2.05, 4.69) is 11.5 Å². The Kier molecular flexibility index (Phi) is 1.56. The van der Waals surface area contributed by atoms with E-state index >= 15 is 0 Å². The van der Waals surface area contributed by atoms with Crippen molar-refractivity contribution in [1.29, 1.82) is 0 Å². The van der Waals surface area contributed by atoms with Gasteiger partial charge in [0, 0.05) is 5.57 Å². The van der Waals surface area contributed by atoms with Crippen LogP contribution in [-0.2, 0) is 4.79 Å². The monoisotopic (exact) mass is 123 g/mol. The zero-order valence-corrected chi connectivity index (χ0v) is 5.64. The average Bonchev–Trinajstić information content (AvgIpc) is 2.15. The van der Waals surface area contributed by atoms with Crippen LogP contribution in [0.15, 0.2) is 5.57 Å².